The Kier molecular flexibility index (Phi) is 8.61. The van der Waals surface area contributed by atoms with Crippen LogP contribution in [0, 0.1) is 0 Å². The van der Waals surface area contributed by atoms with Gasteiger partial charge in [0.05, 0.1) is 11.4 Å². The molecule has 2 saturated heterocycles. The summed E-state index contributed by atoms with van der Waals surface area (Å²) in [4.78, 5) is 42.3. The van der Waals surface area contributed by atoms with E-state index in [4.69, 9.17) is 0 Å². The topological polar surface area (TPSA) is 107 Å². The van der Waals surface area contributed by atoms with Gasteiger partial charge in [0.25, 0.3) is 0 Å². The molecule has 1 N–H and O–H groups in total. The number of rotatable bonds is 8. The number of nitrogens with one attached hydrogen (secondary N) is 1. The minimum Gasteiger partial charge on any atom is -0.340 e. The van der Waals surface area contributed by atoms with E-state index in [1.807, 2.05) is 4.90 Å². The number of nitrogens with zero attached hydrogens (tertiary/aromatic N) is 3. The fourth-order valence-corrected chi connectivity index (χ4v) is 5.34. The molecule has 2 amide bonds. The number of Topliss-reactive ketones (excluding diaryl/α,β-unsaturated/α-hetero) is 1. The molecule has 0 saturated carbocycles. The quantitative estimate of drug-likeness (QED) is 0.561. The second-order valence-electron chi connectivity index (χ2n) is 8.82. The molecule has 0 aliphatic carbocycles. The molecule has 2 aliphatic heterocycles. The maximum absolute atomic E-state index is 12.6. The Morgan fingerprint density at radius 3 is 2.24 bits per heavy atom. The number of likely N-dealkylation sites (tertiary alicyclic amines) is 1. The molecule has 0 bridgehead atoms. The molecule has 3 rings (SSSR count). The van der Waals surface area contributed by atoms with Gasteiger partial charge < -0.3 is 9.80 Å². The van der Waals surface area contributed by atoms with Crippen LogP contribution in [0.3, 0.4) is 0 Å². The number of benzene rings is 1. The lowest BCUT2D eigenvalue weighted by molar-refractivity contribution is -0.137. The van der Waals surface area contributed by atoms with Crippen LogP contribution >= 0.6 is 0 Å². The molecular formula is C23H34N4O5S. The molecule has 1 aromatic rings. The van der Waals surface area contributed by atoms with Gasteiger partial charge in [-0.3, -0.25) is 19.3 Å². The molecule has 2 heterocycles. The standard InChI is InChI=1S/C23H34N4O5S/c1-18-5-3-4-12-27(18)23(30)17-25-13-15-26(16-14-25)22(29)10-11-24-33(31,32)21-8-6-20(7-9-21)19(2)28/h6-9,18,24H,3-5,10-17H2,1-2H3. The molecule has 0 aromatic heterocycles. The molecule has 1 atom stereocenters. The van der Waals surface area contributed by atoms with E-state index in [9.17, 15) is 22.8 Å². The molecule has 0 spiro atoms. The first-order valence-electron chi connectivity index (χ1n) is 11.6. The van der Waals surface area contributed by atoms with Crippen LogP contribution in [0.5, 0.6) is 0 Å². The smallest absolute Gasteiger partial charge is 0.240 e. The first kappa shape index (κ1) is 25.3. The lowest BCUT2D eigenvalue weighted by Gasteiger charge is -2.38. The minimum absolute atomic E-state index is 0.00117. The van der Waals surface area contributed by atoms with Gasteiger partial charge in [0, 0.05) is 57.3 Å². The summed E-state index contributed by atoms with van der Waals surface area (Å²) in [6.45, 7) is 7.05. The third-order valence-corrected chi connectivity index (χ3v) is 7.89. The zero-order valence-electron chi connectivity index (χ0n) is 19.5. The number of amides is 2. The monoisotopic (exact) mass is 478 g/mol. The van der Waals surface area contributed by atoms with E-state index in [0.717, 1.165) is 19.4 Å². The Balaban J connectivity index is 1.40. The predicted molar refractivity (Wildman–Crippen MR) is 124 cm³/mol. The van der Waals surface area contributed by atoms with Crippen molar-refractivity contribution >= 4 is 27.6 Å². The van der Waals surface area contributed by atoms with Crippen molar-refractivity contribution in [3.05, 3.63) is 29.8 Å². The van der Waals surface area contributed by atoms with Gasteiger partial charge in [0.2, 0.25) is 21.8 Å². The van der Waals surface area contributed by atoms with Gasteiger partial charge >= 0.3 is 0 Å². The van der Waals surface area contributed by atoms with Gasteiger partial charge in [-0.05, 0) is 45.2 Å². The highest BCUT2D eigenvalue weighted by molar-refractivity contribution is 7.89. The number of piperidine rings is 1. The van der Waals surface area contributed by atoms with Crippen molar-refractivity contribution < 1.29 is 22.8 Å². The summed E-state index contributed by atoms with van der Waals surface area (Å²) in [5.41, 5.74) is 0.440. The molecule has 2 aliphatic rings. The summed E-state index contributed by atoms with van der Waals surface area (Å²) in [6, 6.07) is 6.00. The average molecular weight is 479 g/mol. The van der Waals surface area contributed by atoms with E-state index in [1.165, 1.54) is 37.6 Å². The second kappa shape index (κ2) is 11.2. The summed E-state index contributed by atoms with van der Waals surface area (Å²) in [5, 5.41) is 0. The highest BCUT2D eigenvalue weighted by Crippen LogP contribution is 2.17. The number of carbonyl (C=O) groups is 3. The molecule has 10 heteroatoms. The molecule has 182 valence electrons. The van der Waals surface area contributed by atoms with Crippen LogP contribution < -0.4 is 4.72 Å². The van der Waals surface area contributed by atoms with Gasteiger partial charge in [0.1, 0.15) is 0 Å². The summed E-state index contributed by atoms with van der Waals surface area (Å²) in [6.07, 6.45) is 3.36. The predicted octanol–water partition coefficient (Wildman–Crippen LogP) is 1.10. The number of ketones is 1. The van der Waals surface area contributed by atoms with Crippen LogP contribution in [0.25, 0.3) is 0 Å². The zero-order chi connectivity index (χ0) is 24.0. The molecule has 0 radical (unpaired) electrons. The number of hydrogen-bond acceptors (Lipinski definition) is 6. The van der Waals surface area contributed by atoms with E-state index in [0.29, 0.717) is 44.3 Å². The SMILES string of the molecule is CC(=O)c1ccc(S(=O)(=O)NCCC(=O)N2CCN(CC(=O)N3CCCCC3C)CC2)cc1. The summed E-state index contributed by atoms with van der Waals surface area (Å²) in [7, 11) is -3.75. The van der Waals surface area contributed by atoms with E-state index in [2.05, 4.69) is 16.5 Å². The van der Waals surface area contributed by atoms with Crippen molar-refractivity contribution in [2.24, 2.45) is 0 Å². The lowest BCUT2D eigenvalue weighted by Crippen LogP contribution is -2.53. The molecule has 33 heavy (non-hydrogen) atoms. The lowest BCUT2D eigenvalue weighted by atomic mass is 10.0. The molecule has 1 aromatic carbocycles. The van der Waals surface area contributed by atoms with Crippen molar-refractivity contribution in [3.8, 4) is 0 Å². The first-order chi connectivity index (χ1) is 15.7. The Labute approximate surface area is 196 Å². The van der Waals surface area contributed by atoms with Gasteiger partial charge in [-0.15, -0.1) is 0 Å². The minimum atomic E-state index is -3.75. The maximum Gasteiger partial charge on any atom is 0.240 e. The molecular weight excluding hydrogens is 444 g/mol. The van der Waals surface area contributed by atoms with Gasteiger partial charge in [0.15, 0.2) is 5.78 Å². The van der Waals surface area contributed by atoms with Gasteiger partial charge in [-0.1, -0.05) is 12.1 Å². The maximum atomic E-state index is 12.6. The van der Waals surface area contributed by atoms with Crippen molar-refractivity contribution in [2.45, 2.75) is 50.5 Å². The van der Waals surface area contributed by atoms with Crippen molar-refractivity contribution in [3.63, 3.8) is 0 Å². The summed E-state index contributed by atoms with van der Waals surface area (Å²) >= 11 is 0. The third kappa shape index (κ3) is 6.84. The second-order valence-corrected chi connectivity index (χ2v) is 10.6. The average Bonchev–Trinajstić information content (AvgIpc) is 2.79. The number of sulfonamides is 1. The molecule has 9 nitrogen and oxygen atoms in total. The van der Waals surface area contributed by atoms with E-state index >= 15 is 0 Å². The zero-order valence-corrected chi connectivity index (χ0v) is 20.3. The van der Waals surface area contributed by atoms with Crippen LogP contribution in [-0.4, -0.2) is 92.6 Å². The summed E-state index contributed by atoms with van der Waals surface area (Å²) < 4.78 is 27.3. The highest BCUT2D eigenvalue weighted by Gasteiger charge is 2.27. The highest BCUT2D eigenvalue weighted by atomic mass is 32.2. The van der Waals surface area contributed by atoms with Crippen LogP contribution in [0.2, 0.25) is 0 Å². The van der Waals surface area contributed by atoms with Crippen LogP contribution in [0.15, 0.2) is 29.2 Å². The fourth-order valence-electron chi connectivity index (χ4n) is 4.31. The van der Waals surface area contributed by atoms with Crippen LogP contribution in [-0.2, 0) is 19.6 Å². The van der Waals surface area contributed by atoms with E-state index < -0.39 is 10.0 Å². The van der Waals surface area contributed by atoms with E-state index in [-0.39, 0.29) is 35.5 Å². The van der Waals surface area contributed by atoms with Crippen LogP contribution in [0.1, 0.15) is 49.9 Å². The van der Waals surface area contributed by atoms with Crippen molar-refractivity contribution in [1.82, 2.24) is 19.4 Å². The first-order valence-corrected chi connectivity index (χ1v) is 13.1. The Morgan fingerprint density at radius 2 is 1.64 bits per heavy atom. The number of hydrogen-bond donors (Lipinski definition) is 1. The molecule has 2 fully saturated rings. The van der Waals surface area contributed by atoms with Crippen LogP contribution in [0.4, 0.5) is 0 Å². The number of piperazine rings is 1. The van der Waals surface area contributed by atoms with Gasteiger partial charge in [-0.25, -0.2) is 13.1 Å². The van der Waals surface area contributed by atoms with E-state index in [1.54, 1.807) is 4.90 Å². The fraction of sp³-hybridized carbons (Fsp3) is 0.609. The van der Waals surface area contributed by atoms with Gasteiger partial charge in [-0.2, -0.15) is 0 Å². The Bertz CT molecular complexity index is 956. The third-order valence-electron chi connectivity index (χ3n) is 6.41. The Hall–Kier alpha value is -2.30. The summed E-state index contributed by atoms with van der Waals surface area (Å²) in [5.74, 6) is -0.0870. The Morgan fingerprint density at radius 1 is 0.970 bits per heavy atom. The van der Waals surface area contributed by atoms with Crippen molar-refractivity contribution in [1.29, 1.82) is 0 Å². The normalized spacial score (nSPS) is 20.0. The van der Waals surface area contributed by atoms with Crippen molar-refractivity contribution in [2.75, 3.05) is 45.8 Å². The number of carbonyl (C=O) groups excluding carboxylic acids is 3. The largest absolute Gasteiger partial charge is 0.340 e. The molecule has 1 unspecified atom stereocenters.